The van der Waals surface area contributed by atoms with Crippen LogP contribution in [-0.4, -0.2) is 38.9 Å². The Labute approximate surface area is 173 Å². The Morgan fingerprint density at radius 3 is 1.71 bits per heavy atom. The van der Waals surface area contributed by atoms with Gasteiger partial charge in [-0.15, -0.1) is 0 Å². The average Bonchev–Trinajstić information content (AvgIpc) is 3.13. The molecule has 1 amide bonds. The molecule has 5 nitrogen and oxygen atoms in total. The number of amides is 1. The monoisotopic (exact) mass is 414 g/mol. The Kier molecular flexibility index (Phi) is 5.64. The minimum atomic E-state index is 0.0556. The van der Waals surface area contributed by atoms with Gasteiger partial charge in [-0.1, -0.05) is 47.5 Å². The predicted molar refractivity (Wildman–Crippen MR) is 111 cm³/mol. The van der Waals surface area contributed by atoms with Crippen LogP contribution in [0, 0.1) is 0 Å². The molecule has 2 aromatic carbocycles. The average molecular weight is 415 g/mol. The van der Waals surface area contributed by atoms with E-state index in [1.807, 2.05) is 53.4 Å². The Balaban J connectivity index is 1.68. The summed E-state index contributed by atoms with van der Waals surface area (Å²) in [6.07, 6.45) is 3.31. The number of hydrogen-bond donors (Lipinski definition) is 0. The highest BCUT2D eigenvalue weighted by Gasteiger charge is 2.20. The zero-order valence-electron chi connectivity index (χ0n) is 15.3. The van der Waals surface area contributed by atoms with Crippen molar-refractivity contribution in [3.63, 3.8) is 0 Å². The molecule has 1 saturated heterocycles. The van der Waals surface area contributed by atoms with Crippen LogP contribution in [0.3, 0.4) is 0 Å². The van der Waals surface area contributed by atoms with Gasteiger partial charge in [0, 0.05) is 34.3 Å². The molecular formula is C21H20Cl2N4O. The molecule has 28 heavy (non-hydrogen) atoms. The van der Waals surface area contributed by atoms with E-state index in [0.29, 0.717) is 21.4 Å². The molecule has 1 aliphatic rings. The van der Waals surface area contributed by atoms with Crippen molar-refractivity contribution >= 4 is 29.1 Å². The van der Waals surface area contributed by atoms with Crippen LogP contribution >= 0.6 is 23.2 Å². The van der Waals surface area contributed by atoms with E-state index in [9.17, 15) is 4.79 Å². The molecule has 3 aromatic rings. The summed E-state index contributed by atoms with van der Waals surface area (Å²) in [7, 11) is 0. The van der Waals surface area contributed by atoms with E-state index in [1.54, 1.807) is 0 Å². The van der Waals surface area contributed by atoms with E-state index < -0.39 is 0 Å². The summed E-state index contributed by atoms with van der Waals surface area (Å²) in [4.78, 5) is 16.0. The van der Waals surface area contributed by atoms with Crippen molar-refractivity contribution in [1.82, 2.24) is 19.9 Å². The van der Waals surface area contributed by atoms with E-state index in [0.717, 1.165) is 37.1 Å². The third-order valence-corrected chi connectivity index (χ3v) is 5.38. The summed E-state index contributed by atoms with van der Waals surface area (Å²) in [5.74, 6) is 0.0556. The number of halogens is 2. The van der Waals surface area contributed by atoms with E-state index in [2.05, 4.69) is 10.2 Å². The van der Waals surface area contributed by atoms with E-state index in [4.69, 9.17) is 23.2 Å². The fourth-order valence-electron chi connectivity index (χ4n) is 3.39. The zero-order chi connectivity index (χ0) is 19.5. The molecule has 0 radical (unpaired) electrons. The van der Waals surface area contributed by atoms with Crippen LogP contribution < -0.4 is 0 Å². The summed E-state index contributed by atoms with van der Waals surface area (Å²) >= 11 is 12.1. The predicted octanol–water partition coefficient (Wildman–Crippen LogP) is 4.93. The number of piperidine rings is 1. The van der Waals surface area contributed by atoms with Gasteiger partial charge in [0.05, 0.1) is 0 Å². The lowest BCUT2D eigenvalue weighted by Crippen LogP contribution is -2.38. The van der Waals surface area contributed by atoms with Crippen molar-refractivity contribution in [2.75, 3.05) is 13.1 Å². The largest absolute Gasteiger partial charge is 0.341 e. The molecular weight excluding hydrogens is 395 g/mol. The highest BCUT2D eigenvalue weighted by molar-refractivity contribution is 6.31. The fourth-order valence-corrected chi connectivity index (χ4v) is 3.64. The molecule has 4 rings (SSSR count). The van der Waals surface area contributed by atoms with Gasteiger partial charge in [-0.2, -0.15) is 15.0 Å². The van der Waals surface area contributed by atoms with Crippen molar-refractivity contribution in [3.8, 4) is 22.5 Å². The number of nitrogens with zero attached hydrogens (tertiary/aromatic N) is 4. The van der Waals surface area contributed by atoms with Gasteiger partial charge >= 0.3 is 0 Å². The summed E-state index contributed by atoms with van der Waals surface area (Å²) < 4.78 is 0. The lowest BCUT2D eigenvalue weighted by molar-refractivity contribution is -0.133. The second-order valence-corrected chi connectivity index (χ2v) is 7.76. The Hall–Kier alpha value is -2.37. The van der Waals surface area contributed by atoms with Crippen LogP contribution in [0.5, 0.6) is 0 Å². The molecule has 0 atom stereocenters. The Morgan fingerprint density at radius 1 is 0.786 bits per heavy atom. The number of benzene rings is 2. The lowest BCUT2D eigenvalue weighted by Gasteiger charge is -2.26. The van der Waals surface area contributed by atoms with Gasteiger partial charge in [0.2, 0.25) is 5.91 Å². The Morgan fingerprint density at radius 2 is 1.25 bits per heavy atom. The molecule has 0 unspecified atom stereocenters. The highest BCUT2D eigenvalue weighted by atomic mass is 35.5. The minimum Gasteiger partial charge on any atom is -0.341 e. The number of aromatic nitrogens is 3. The van der Waals surface area contributed by atoms with Crippen molar-refractivity contribution in [2.45, 2.75) is 25.8 Å². The number of carbonyl (C=O) groups excluding carboxylic acids is 1. The van der Waals surface area contributed by atoms with Gasteiger partial charge in [-0.05, 0) is 43.5 Å². The molecule has 1 aromatic heterocycles. The second kappa shape index (κ2) is 8.33. The molecule has 1 fully saturated rings. The maximum absolute atomic E-state index is 12.6. The maximum atomic E-state index is 12.6. The number of rotatable bonds is 4. The topological polar surface area (TPSA) is 51.0 Å². The van der Waals surface area contributed by atoms with Gasteiger partial charge in [0.25, 0.3) is 0 Å². The van der Waals surface area contributed by atoms with Gasteiger partial charge in [0.1, 0.15) is 17.9 Å². The lowest BCUT2D eigenvalue weighted by atomic mass is 10.1. The molecule has 0 spiro atoms. The SMILES string of the molecule is O=C(Cn1nc(-c2ccc(Cl)cc2)c(-c2ccc(Cl)cc2)n1)N1CCCCC1. The molecule has 0 aliphatic carbocycles. The van der Waals surface area contributed by atoms with Gasteiger partial charge in [-0.3, -0.25) is 4.79 Å². The maximum Gasteiger partial charge on any atom is 0.246 e. The molecule has 0 saturated carbocycles. The summed E-state index contributed by atoms with van der Waals surface area (Å²) in [6.45, 7) is 1.76. The molecule has 144 valence electrons. The van der Waals surface area contributed by atoms with E-state index >= 15 is 0 Å². The molecule has 1 aliphatic heterocycles. The van der Waals surface area contributed by atoms with Crippen LogP contribution in [-0.2, 0) is 11.3 Å². The number of carbonyl (C=O) groups is 1. The number of likely N-dealkylation sites (tertiary alicyclic amines) is 1. The first kappa shape index (κ1) is 19.0. The normalized spacial score (nSPS) is 14.3. The second-order valence-electron chi connectivity index (χ2n) is 6.88. The van der Waals surface area contributed by atoms with Gasteiger partial charge < -0.3 is 4.90 Å². The van der Waals surface area contributed by atoms with Crippen LogP contribution in [0.4, 0.5) is 0 Å². The van der Waals surface area contributed by atoms with Crippen molar-refractivity contribution in [3.05, 3.63) is 58.6 Å². The summed E-state index contributed by atoms with van der Waals surface area (Å²) in [5, 5.41) is 10.6. The Bertz CT molecular complexity index is 898. The van der Waals surface area contributed by atoms with Crippen LogP contribution in [0.2, 0.25) is 10.0 Å². The highest BCUT2D eigenvalue weighted by Crippen LogP contribution is 2.30. The van der Waals surface area contributed by atoms with Crippen LogP contribution in [0.15, 0.2) is 48.5 Å². The minimum absolute atomic E-state index is 0.0556. The third kappa shape index (κ3) is 4.21. The third-order valence-electron chi connectivity index (χ3n) is 4.88. The van der Waals surface area contributed by atoms with Crippen molar-refractivity contribution in [1.29, 1.82) is 0 Å². The van der Waals surface area contributed by atoms with Crippen molar-refractivity contribution < 1.29 is 4.79 Å². The fraction of sp³-hybridized carbons (Fsp3) is 0.286. The standard InChI is InChI=1S/C21H20Cl2N4O/c22-17-8-4-15(5-9-17)20-21(16-6-10-18(23)11-7-16)25-27(24-20)14-19(28)26-12-2-1-3-13-26/h4-11H,1-3,12-14H2. The smallest absolute Gasteiger partial charge is 0.246 e. The molecule has 0 N–H and O–H groups in total. The zero-order valence-corrected chi connectivity index (χ0v) is 16.8. The van der Waals surface area contributed by atoms with Gasteiger partial charge in [-0.25, -0.2) is 0 Å². The first-order chi connectivity index (χ1) is 13.6. The van der Waals surface area contributed by atoms with Crippen LogP contribution in [0.1, 0.15) is 19.3 Å². The van der Waals surface area contributed by atoms with E-state index in [1.165, 1.54) is 11.2 Å². The van der Waals surface area contributed by atoms with Gasteiger partial charge in [0.15, 0.2) is 0 Å². The first-order valence-corrected chi connectivity index (χ1v) is 10.1. The van der Waals surface area contributed by atoms with Crippen molar-refractivity contribution in [2.24, 2.45) is 0 Å². The van der Waals surface area contributed by atoms with Crippen LogP contribution in [0.25, 0.3) is 22.5 Å². The van der Waals surface area contributed by atoms with E-state index in [-0.39, 0.29) is 12.5 Å². The molecule has 2 heterocycles. The number of hydrogen-bond acceptors (Lipinski definition) is 3. The quantitative estimate of drug-likeness (QED) is 0.607. The summed E-state index contributed by atoms with van der Waals surface area (Å²) in [6, 6.07) is 14.9. The summed E-state index contributed by atoms with van der Waals surface area (Å²) in [5.41, 5.74) is 3.22. The first-order valence-electron chi connectivity index (χ1n) is 9.35. The molecule has 7 heteroatoms. The molecule has 0 bridgehead atoms.